The molecule has 0 heterocycles. The molecule has 0 radical (unpaired) electrons. The maximum atomic E-state index is 11.9. The predicted molar refractivity (Wildman–Crippen MR) is 153 cm³/mol. The van der Waals surface area contributed by atoms with Crippen molar-refractivity contribution in [2.45, 2.75) is 65.2 Å². The van der Waals surface area contributed by atoms with E-state index in [1.54, 1.807) is 0 Å². The lowest BCUT2D eigenvalue weighted by molar-refractivity contribution is -0.891. The molecule has 0 saturated heterocycles. The summed E-state index contributed by atoms with van der Waals surface area (Å²) in [7, 11) is 9.14. The molecule has 11 heteroatoms. The minimum atomic E-state index is -0.0553. The summed E-state index contributed by atoms with van der Waals surface area (Å²) < 4.78 is 23.0. The maximum absolute atomic E-state index is 11.9. The second-order valence-corrected chi connectivity index (χ2v) is 11.4. The Bertz CT molecular complexity index is 548. The lowest BCUT2D eigenvalue weighted by Gasteiger charge is -2.31. The number of carbonyl (C=O) groups is 2. The third-order valence-electron chi connectivity index (χ3n) is 6.66. The van der Waals surface area contributed by atoms with Gasteiger partial charge in [0.15, 0.2) is 5.78 Å². The van der Waals surface area contributed by atoms with Crippen molar-refractivity contribution in [3.8, 4) is 0 Å². The Labute approximate surface area is 266 Å². The van der Waals surface area contributed by atoms with Crippen molar-refractivity contribution >= 4 is 11.7 Å². The van der Waals surface area contributed by atoms with E-state index in [4.69, 9.17) is 18.9 Å². The summed E-state index contributed by atoms with van der Waals surface area (Å²) in [5, 5.41) is 2.94. The molecule has 1 amide bonds. The summed E-state index contributed by atoms with van der Waals surface area (Å²) in [4.78, 5) is 23.7. The van der Waals surface area contributed by atoms with E-state index in [2.05, 4.69) is 33.5 Å². The van der Waals surface area contributed by atoms with Gasteiger partial charge >= 0.3 is 0 Å². The number of nitrogens with zero attached hydrogens (tertiary/aromatic N) is 2. The monoisotopic (exact) mass is 705 g/mol. The molecule has 0 saturated carbocycles. The smallest absolute Gasteiger partial charge is 0.246 e. The van der Waals surface area contributed by atoms with Crippen molar-refractivity contribution in [1.82, 2.24) is 5.32 Å². The third-order valence-corrected chi connectivity index (χ3v) is 6.66. The van der Waals surface area contributed by atoms with Gasteiger partial charge in [-0.3, -0.25) is 9.59 Å². The van der Waals surface area contributed by atoms with Crippen molar-refractivity contribution in [1.29, 1.82) is 0 Å². The molecule has 0 aromatic rings. The molecule has 0 fully saturated rings. The van der Waals surface area contributed by atoms with Crippen LogP contribution in [0.2, 0.25) is 0 Å². The van der Waals surface area contributed by atoms with E-state index < -0.39 is 0 Å². The van der Waals surface area contributed by atoms with Crippen molar-refractivity contribution in [3.05, 3.63) is 0 Å². The lowest BCUT2D eigenvalue weighted by Crippen LogP contribution is -3.00. The quantitative estimate of drug-likeness (QED) is 0.0694. The Kier molecular flexibility index (Phi) is 32.1. The molecule has 1 N–H and O–H groups in total. The molecular weight excluding hydrogens is 646 g/mol. The molecule has 0 aromatic heterocycles. The van der Waals surface area contributed by atoms with Crippen molar-refractivity contribution in [2.75, 3.05) is 114 Å². The summed E-state index contributed by atoms with van der Waals surface area (Å²) in [5.41, 5.74) is 0. The molecule has 9 nitrogen and oxygen atoms in total. The number of amides is 1. The Hall–Kier alpha value is -0.140. The second kappa shape index (κ2) is 29.0. The molecule has 242 valence electrons. The van der Waals surface area contributed by atoms with Gasteiger partial charge in [0, 0.05) is 32.6 Å². The summed E-state index contributed by atoms with van der Waals surface area (Å²) in [6, 6.07) is 0. The van der Waals surface area contributed by atoms with Crippen LogP contribution < -0.4 is 39.3 Å². The van der Waals surface area contributed by atoms with Gasteiger partial charge in [0.1, 0.15) is 13.2 Å². The molecule has 0 atom stereocenters. The molecule has 0 unspecified atom stereocenters. The number of hydrogen-bond acceptors (Lipinski definition) is 6. The van der Waals surface area contributed by atoms with E-state index in [0.29, 0.717) is 52.6 Å². The van der Waals surface area contributed by atoms with Crippen LogP contribution in [0.4, 0.5) is 0 Å². The normalized spacial score (nSPS) is 11.6. The van der Waals surface area contributed by atoms with Gasteiger partial charge in [0.05, 0.1) is 80.8 Å². The van der Waals surface area contributed by atoms with Crippen LogP contribution in [0.1, 0.15) is 65.2 Å². The van der Waals surface area contributed by atoms with Crippen LogP contribution in [-0.4, -0.2) is 134 Å². The van der Waals surface area contributed by atoms with Gasteiger partial charge in [-0.15, -0.1) is 0 Å². The average Bonchev–Trinajstić information content (AvgIpc) is 2.86. The van der Waals surface area contributed by atoms with Crippen LogP contribution >= 0.6 is 0 Å². The second-order valence-electron chi connectivity index (χ2n) is 11.4. The number of nitrogens with one attached hydrogen (secondary N) is 1. The molecule has 0 aliphatic heterocycles. The number of halogens is 2. The minimum absolute atomic E-state index is 0. The van der Waals surface area contributed by atoms with E-state index in [1.807, 2.05) is 13.8 Å². The number of Topliss-reactive ketones (excluding diaryl/α,β-unsaturated/α-hetero) is 1. The van der Waals surface area contributed by atoms with Crippen LogP contribution in [0, 0.1) is 0 Å². The van der Waals surface area contributed by atoms with E-state index in [9.17, 15) is 9.59 Å². The standard InChI is InChI=1S/C29H60N3O6.2BrH/c1-7-35-22-24-37-26-28(33)16-11-14-20-31(3,4)18-12-9-10-13-19-32(5,6)21-15-17-30-29(34)27-38-25-23-36-8-2;;/h7-27H2,1-6H3;2*1H/q+1;;/p-1. The summed E-state index contributed by atoms with van der Waals surface area (Å²) in [6.07, 6.45) is 8.59. The van der Waals surface area contributed by atoms with Gasteiger partial charge in [-0.2, -0.15) is 0 Å². The van der Waals surface area contributed by atoms with E-state index >= 15 is 0 Å². The Morgan fingerprint density at radius 3 is 1.50 bits per heavy atom. The zero-order valence-corrected chi connectivity index (χ0v) is 29.6. The highest BCUT2D eigenvalue weighted by Gasteiger charge is 2.16. The highest BCUT2D eigenvalue weighted by molar-refractivity contribution is 5.79. The molecular formula is C29H61Br2N3O6. The van der Waals surface area contributed by atoms with E-state index in [0.717, 1.165) is 47.9 Å². The van der Waals surface area contributed by atoms with Crippen LogP contribution in [0.3, 0.4) is 0 Å². The van der Waals surface area contributed by atoms with Crippen LogP contribution in [-0.2, 0) is 28.5 Å². The van der Waals surface area contributed by atoms with Crippen molar-refractivity contribution in [2.24, 2.45) is 0 Å². The number of ketones is 1. The number of unbranched alkanes of at least 4 members (excludes halogenated alkanes) is 4. The molecule has 0 aromatic carbocycles. The third kappa shape index (κ3) is 30.8. The van der Waals surface area contributed by atoms with Crippen LogP contribution in [0.15, 0.2) is 0 Å². The van der Waals surface area contributed by atoms with Gasteiger partial charge in [-0.05, 0) is 52.4 Å². The number of quaternary nitrogens is 2. The van der Waals surface area contributed by atoms with Gasteiger partial charge in [-0.25, -0.2) is 0 Å². The predicted octanol–water partition coefficient (Wildman–Crippen LogP) is -2.94. The van der Waals surface area contributed by atoms with Crippen LogP contribution in [0.25, 0.3) is 0 Å². The van der Waals surface area contributed by atoms with Gasteiger partial charge < -0.3 is 67.2 Å². The molecule has 0 rings (SSSR count). The fourth-order valence-electron chi connectivity index (χ4n) is 4.25. The topological polar surface area (TPSA) is 83.1 Å². The Balaban J connectivity index is -0.00000684. The average molecular weight is 708 g/mol. The molecule has 0 aliphatic carbocycles. The zero-order chi connectivity index (χ0) is 28.5. The summed E-state index contributed by atoms with van der Waals surface area (Å²) in [5.74, 6) is 0.136. The molecule has 40 heavy (non-hydrogen) atoms. The lowest BCUT2D eigenvalue weighted by atomic mass is 10.1. The highest BCUT2D eigenvalue weighted by atomic mass is 79.9. The fraction of sp³-hybridized carbons (Fsp3) is 0.931. The van der Waals surface area contributed by atoms with E-state index in [-0.39, 0.29) is 58.9 Å². The van der Waals surface area contributed by atoms with Gasteiger partial charge in [-0.1, -0.05) is 0 Å². The largest absolute Gasteiger partial charge is 1.00 e. The number of hydrogen-bond donors (Lipinski definition) is 1. The maximum Gasteiger partial charge on any atom is 0.246 e. The molecule has 0 bridgehead atoms. The first-order chi connectivity index (χ1) is 18.1. The van der Waals surface area contributed by atoms with Gasteiger partial charge in [0.2, 0.25) is 5.91 Å². The van der Waals surface area contributed by atoms with E-state index in [1.165, 1.54) is 32.2 Å². The number of carbonyl (C=O) groups excluding carboxylic acids is 2. The highest BCUT2D eigenvalue weighted by Crippen LogP contribution is 2.10. The van der Waals surface area contributed by atoms with Crippen molar-refractivity contribution in [3.63, 3.8) is 0 Å². The number of rotatable bonds is 28. The Morgan fingerprint density at radius 1 is 0.575 bits per heavy atom. The summed E-state index contributed by atoms with van der Waals surface area (Å²) in [6.45, 7) is 12.8. The Morgan fingerprint density at radius 2 is 1.00 bits per heavy atom. The SMILES string of the molecule is CCOCCOCC(=O)CCCC[N+](C)(C)CCCCCC[N+](C)(C)CCCNC(=O)COCCOCC.[Br-].[Br-]. The fourth-order valence-corrected chi connectivity index (χ4v) is 4.25. The summed E-state index contributed by atoms with van der Waals surface area (Å²) >= 11 is 0. The first kappa shape index (κ1) is 44.3. The molecule has 0 spiro atoms. The van der Waals surface area contributed by atoms with Gasteiger partial charge in [0.25, 0.3) is 0 Å². The first-order valence-corrected chi connectivity index (χ1v) is 14.8. The number of ether oxygens (including phenoxy) is 4. The van der Waals surface area contributed by atoms with Crippen LogP contribution in [0.5, 0.6) is 0 Å². The van der Waals surface area contributed by atoms with Crippen molar-refractivity contribution < 1.29 is 71.5 Å². The minimum Gasteiger partial charge on any atom is -1.00 e. The molecule has 0 aliphatic rings. The first-order valence-electron chi connectivity index (χ1n) is 14.8. The zero-order valence-electron chi connectivity index (χ0n) is 26.4.